The van der Waals surface area contributed by atoms with Gasteiger partial charge >= 0.3 is 260 Å². The van der Waals surface area contributed by atoms with E-state index in [1.54, 1.807) is 60.7 Å². The Morgan fingerprint density at radius 2 is 1.30 bits per heavy atom. The summed E-state index contributed by atoms with van der Waals surface area (Å²) >= 11 is -0.801. The Bertz CT molecular complexity index is 1380. The van der Waals surface area contributed by atoms with Crippen LogP contribution in [0.1, 0.15) is 48.4 Å². The number of hydrogen-bond acceptors (Lipinski definition) is 12. The first-order valence-electron chi connectivity index (χ1n) is 13.4. The fourth-order valence-electron chi connectivity index (χ4n) is 4.12. The second kappa shape index (κ2) is 16.5. The van der Waals surface area contributed by atoms with Gasteiger partial charge in [-0.05, 0) is 0 Å². The second-order valence-electron chi connectivity index (χ2n) is 9.43. The van der Waals surface area contributed by atoms with Crippen molar-refractivity contribution in [3.05, 3.63) is 71.8 Å². The summed E-state index contributed by atoms with van der Waals surface area (Å²) in [6, 6.07) is 15.4. The number of rotatable bonds is 11. The first kappa shape index (κ1) is 34.1. The third-order valence-electron chi connectivity index (χ3n) is 5.91. The van der Waals surface area contributed by atoms with Crippen LogP contribution in [0.2, 0.25) is 5.32 Å². The summed E-state index contributed by atoms with van der Waals surface area (Å²) in [6.07, 6.45) is -5.54. The van der Waals surface area contributed by atoms with Crippen LogP contribution in [-0.4, -0.2) is 92.5 Å². The molecule has 0 saturated carbocycles. The number of amidine groups is 1. The molecule has 13 nitrogen and oxygen atoms in total. The van der Waals surface area contributed by atoms with E-state index in [0.29, 0.717) is 11.1 Å². The molecule has 2 aromatic rings. The third-order valence-corrected chi connectivity index (χ3v) is 7.77. The van der Waals surface area contributed by atoms with Crippen LogP contribution in [0, 0.1) is 0 Å². The zero-order valence-electron chi connectivity index (χ0n) is 24.4. The fraction of sp³-hybridized carbons (Fsp3) is 0.367. The van der Waals surface area contributed by atoms with E-state index in [2.05, 4.69) is 10.3 Å². The number of nitrogens with zero attached hydrogens (tertiary/aromatic N) is 1. The van der Waals surface area contributed by atoms with E-state index in [4.69, 9.17) is 23.7 Å². The molecule has 0 bridgehead atoms. The van der Waals surface area contributed by atoms with Gasteiger partial charge in [-0.25, -0.2) is 0 Å². The number of carbonyl (C=O) groups is 6. The fourth-order valence-corrected chi connectivity index (χ4v) is 5.79. The molecule has 1 aliphatic rings. The predicted molar refractivity (Wildman–Crippen MR) is 155 cm³/mol. The summed E-state index contributed by atoms with van der Waals surface area (Å²) in [5.41, 5.74) is 0.764. The molecular weight excluding hydrogens is 643 g/mol. The van der Waals surface area contributed by atoms with E-state index in [1.165, 1.54) is 0 Å². The molecular formula is C30H32N2O11Se. The van der Waals surface area contributed by atoms with Crippen LogP contribution in [0.15, 0.2) is 65.7 Å². The molecule has 44 heavy (non-hydrogen) atoms. The maximum atomic E-state index is 13.2. The normalized spacial score (nSPS) is 21.4. The number of carbonyl (C=O) groups excluding carboxylic acids is 6. The van der Waals surface area contributed by atoms with Crippen LogP contribution < -0.4 is 5.32 Å². The predicted octanol–water partition coefficient (Wildman–Crippen LogP) is 1.86. The number of benzene rings is 2. The van der Waals surface area contributed by atoms with Crippen molar-refractivity contribution in [3.63, 3.8) is 0 Å². The Balaban J connectivity index is 2.07. The first-order chi connectivity index (χ1) is 20.9. The van der Waals surface area contributed by atoms with Crippen molar-refractivity contribution < 1.29 is 52.5 Å². The minimum absolute atomic E-state index is 0.0165. The van der Waals surface area contributed by atoms with E-state index in [0.717, 1.165) is 27.7 Å². The van der Waals surface area contributed by atoms with E-state index >= 15 is 0 Å². The van der Waals surface area contributed by atoms with Crippen molar-refractivity contribution in [3.8, 4) is 0 Å². The van der Waals surface area contributed by atoms with Gasteiger partial charge < -0.3 is 0 Å². The summed E-state index contributed by atoms with van der Waals surface area (Å²) in [7, 11) is 0. The molecule has 2 aromatic carbocycles. The van der Waals surface area contributed by atoms with Crippen molar-refractivity contribution in [2.45, 2.75) is 63.7 Å². The van der Waals surface area contributed by atoms with Crippen LogP contribution in [0.5, 0.6) is 0 Å². The quantitative estimate of drug-likeness (QED) is 0.0920. The molecule has 1 heterocycles. The average Bonchev–Trinajstić information content (AvgIpc) is 2.97. The number of aliphatic imine (C=N–C) groups is 1. The second-order valence-corrected chi connectivity index (χ2v) is 11.4. The first-order valence-corrected chi connectivity index (χ1v) is 15.5. The Hall–Kier alpha value is -4.39. The SMILES string of the molecule is CC(=O)OCC1O[C@@H](OC(C)=O)C(N=C(NC(=O)c2ccccc2)[Se]CC(=O)c2ccccc2)C(OC(C)=O)[C@@H]1OC(C)=O. The zero-order valence-corrected chi connectivity index (χ0v) is 26.1. The molecule has 3 rings (SSSR count). The number of hydrogen-bond donors (Lipinski definition) is 1. The third kappa shape index (κ3) is 10.4. The average molecular weight is 676 g/mol. The zero-order chi connectivity index (χ0) is 32.2. The number of Topliss-reactive ketones (excluding diaryl/α,β-unsaturated/α-hetero) is 1. The van der Waals surface area contributed by atoms with Crippen molar-refractivity contribution >= 4 is 55.3 Å². The molecule has 1 saturated heterocycles. The van der Waals surface area contributed by atoms with Gasteiger partial charge in [0.25, 0.3) is 0 Å². The molecule has 0 spiro atoms. The molecule has 3 unspecified atom stereocenters. The Labute approximate surface area is 259 Å². The summed E-state index contributed by atoms with van der Waals surface area (Å²) in [6.45, 7) is 4.07. The molecule has 0 aliphatic carbocycles. The number of nitrogens with one attached hydrogen (secondary N) is 1. The van der Waals surface area contributed by atoms with E-state index in [9.17, 15) is 28.8 Å². The molecule has 1 amide bonds. The molecule has 0 radical (unpaired) electrons. The van der Waals surface area contributed by atoms with E-state index in [1.807, 2.05) is 0 Å². The Morgan fingerprint density at radius 1 is 0.750 bits per heavy atom. The summed E-state index contributed by atoms with van der Waals surface area (Å²) in [4.78, 5) is 78.7. The van der Waals surface area contributed by atoms with Gasteiger partial charge in [0.1, 0.15) is 0 Å². The van der Waals surface area contributed by atoms with Gasteiger partial charge in [0.2, 0.25) is 0 Å². The van der Waals surface area contributed by atoms with Gasteiger partial charge in [-0.15, -0.1) is 0 Å². The van der Waals surface area contributed by atoms with Gasteiger partial charge in [0.15, 0.2) is 0 Å². The summed E-state index contributed by atoms with van der Waals surface area (Å²) in [5, 5.41) is 2.70. The van der Waals surface area contributed by atoms with Crippen LogP contribution in [0.25, 0.3) is 0 Å². The van der Waals surface area contributed by atoms with Gasteiger partial charge in [-0.3, -0.25) is 0 Å². The van der Waals surface area contributed by atoms with Crippen LogP contribution in [0.3, 0.4) is 0 Å². The van der Waals surface area contributed by atoms with Gasteiger partial charge in [0, 0.05) is 0 Å². The minimum atomic E-state index is -1.53. The van der Waals surface area contributed by atoms with E-state index < -0.39 is 82.0 Å². The van der Waals surface area contributed by atoms with Crippen molar-refractivity contribution in [2.24, 2.45) is 4.99 Å². The maximum absolute atomic E-state index is 13.2. The van der Waals surface area contributed by atoms with Crippen molar-refractivity contribution in [1.29, 1.82) is 0 Å². The molecule has 5 atom stereocenters. The number of esters is 4. The van der Waals surface area contributed by atoms with Crippen molar-refractivity contribution in [1.82, 2.24) is 5.32 Å². The summed E-state index contributed by atoms with van der Waals surface area (Å²) < 4.78 is 27.4. The van der Waals surface area contributed by atoms with Gasteiger partial charge in [-0.2, -0.15) is 0 Å². The topological polar surface area (TPSA) is 173 Å². The molecule has 1 N–H and O–H groups in total. The van der Waals surface area contributed by atoms with Gasteiger partial charge in [-0.1, -0.05) is 0 Å². The standard InChI is InChI=1S/C30H32N2O11Se/c1-17(33)39-15-24-26(40-18(2)34)27(41-19(3)35)25(29(43-24)42-20(4)36)31-30(32-28(38)22-13-9-6-10-14-22)44-16-23(37)21-11-7-5-8-12-21/h5-14,24-27,29H,15-16H2,1-4H3,(H,31,32,38)/t24?,25?,26-,27?,29-/m1/s1. The molecule has 0 aromatic heterocycles. The van der Waals surface area contributed by atoms with Crippen molar-refractivity contribution in [2.75, 3.05) is 6.61 Å². The molecule has 234 valence electrons. The Kier molecular flexibility index (Phi) is 12.8. The van der Waals surface area contributed by atoms with Crippen LogP contribution in [-0.2, 0) is 42.9 Å². The van der Waals surface area contributed by atoms with Crippen LogP contribution in [0.4, 0.5) is 0 Å². The number of ether oxygens (including phenoxy) is 5. The number of amides is 1. The molecule has 14 heteroatoms. The molecule has 1 fully saturated rings. The summed E-state index contributed by atoms with van der Waals surface area (Å²) in [5.74, 6) is -3.75. The monoisotopic (exact) mass is 676 g/mol. The van der Waals surface area contributed by atoms with Crippen LogP contribution >= 0.6 is 0 Å². The number of ketones is 1. The Morgan fingerprint density at radius 3 is 1.84 bits per heavy atom. The van der Waals surface area contributed by atoms with Gasteiger partial charge in [0.05, 0.1) is 0 Å². The van der Waals surface area contributed by atoms with E-state index in [-0.39, 0.29) is 15.8 Å². The molecule has 1 aliphatic heterocycles.